The minimum atomic E-state index is -0.917. The van der Waals surface area contributed by atoms with Gasteiger partial charge in [-0.1, -0.05) is 0 Å². The van der Waals surface area contributed by atoms with Gasteiger partial charge >= 0.3 is 18.0 Å². The Morgan fingerprint density at radius 1 is 1.42 bits per heavy atom. The third-order valence-electron chi connectivity index (χ3n) is 3.19. The Hall–Kier alpha value is -1.79. The van der Waals surface area contributed by atoms with Crippen molar-refractivity contribution in [1.29, 1.82) is 0 Å². The molecule has 0 spiro atoms. The summed E-state index contributed by atoms with van der Waals surface area (Å²) in [5.41, 5.74) is -0.917. The number of amides is 2. The molecule has 7 heteroatoms. The van der Waals surface area contributed by atoms with Gasteiger partial charge in [-0.25, -0.2) is 4.79 Å². The highest BCUT2D eigenvalue weighted by Gasteiger charge is 2.39. The molecule has 0 aromatic rings. The van der Waals surface area contributed by atoms with Crippen LogP contribution in [0.2, 0.25) is 0 Å². The molecule has 2 N–H and O–H groups in total. The number of carbonyl (C=O) groups is 3. The molecule has 108 valence electrons. The van der Waals surface area contributed by atoms with Crippen molar-refractivity contribution in [3.05, 3.63) is 0 Å². The fourth-order valence-electron chi connectivity index (χ4n) is 2.06. The number of hydrogen-bond acceptors (Lipinski definition) is 4. The average molecular weight is 272 g/mol. The van der Waals surface area contributed by atoms with Crippen LogP contribution in [0, 0.1) is 5.41 Å². The Labute approximate surface area is 111 Å². The van der Waals surface area contributed by atoms with E-state index < -0.39 is 23.4 Å². The van der Waals surface area contributed by atoms with Crippen molar-refractivity contribution in [2.24, 2.45) is 5.41 Å². The second kappa shape index (κ2) is 6.40. The summed E-state index contributed by atoms with van der Waals surface area (Å²) >= 11 is 0. The largest absolute Gasteiger partial charge is 0.481 e. The number of likely N-dealkylation sites (tertiary alicyclic amines) is 1. The highest BCUT2D eigenvalue weighted by atomic mass is 16.5. The number of carboxylic acids is 1. The molecule has 1 aliphatic rings. The van der Waals surface area contributed by atoms with E-state index in [1.54, 1.807) is 13.8 Å². The van der Waals surface area contributed by atoms with E-state index in [1.165, 1.54) is 4.90 Å². The molecule has 1 fully saturated rings. The first-order valence-electron chi connectivity index (χ1n) is 6.31. The molecule has 0 aromatic heterocycles. The number of ether oxygens (including phenoxy) is 1. The Morgan fingerprint density at radius 3 is 2.68 bits per heavy atom. The molecule has 19 heavy (non-hydrogen) atoms. The zero-order chi connectivity index (χ0) is 14.5. The van der Waals surface area contributed by atoms with Crippen LogP contribution in [0.1, 0.15) is 26.7 Å². The van der Waals surface area contributed by atoms with Crippen LogP contribution in [0.5, 0.6) is 0 Å². The van der Waals surface area contributed by atoms with Gasteiger partial charge in [0.1, 0.15) is 6.54 Å². The quantitative estimate of drug-likeness (QED) is 0.724. The predicted molar refractivity (Wildman–Crippen MR) is 66.6 cm³/mol. The first kappa shape index (κ1) is 15.3. The summed E-state index contributed by atoms with van der Waals surface area (Å²) < 4.78 is 4.69. The highest BCUT2D eigenvalue weighted by molar-refractivity contribution is 5.82. The van der Waals surface area contributed by atoms with E-state index in [2.05, 4.69) is 5.32 Å². The number of hydrogen-bond donors (Lipinski definition) is 2. The lowest BCUT2D eigenvalue weighted by atomic mass is 9.82. The Kier molecular flexibility index (Phi) is 5.14. The molecule has 0 aromatic carbocycles. The first-order valence-corrected chi connectivity index (χ1v) is 6.31. The molecule has 1 aliphatic heterocycles. The maximum atomic E-state index is 11.8. The third-order valence-corrected chi connectivity index (χ3v) is 3.19. The second-order valence-electron chi connectivity index (χ2n) is 4.85. The zero-order valence-electron chi connectivity index (χ0n) is 11.3. The lowest BCUT2D eigenvalue weighted by Crippen LogP contribution is -2.52. The summed E-state index contributed by atoms with van der Waals surface area (Å²) in [6.07, 6.45) is 1.18. The van der Waals surface area contributed by atoms with Gasteiger partial charge in [0.25, 0.3) is 0 Å². The van der Waals surface area contributed by atoms with Crippen molar-refractivity contribution >= 4 is 18.0 Å². The van der Waals surface area contributed by atoms with Gasteiger partial charge in [-0.15, -0.1) is 0 Å². The van der Waals surface area contributed by atoms with E-state index in [0.29, 0.717) is 19.4 Å². The van der Waals surface area contributed by atoms with Crippen LogP contribution in [-0.4, -0.2) is 54.2 Å². The number of carboxylic acid groups (broad SMARTS) is 1. The van der Waals surface area contributed by atoms with Gasteiger partial charge in [-0.2, -0.15) is 0 Å². The predicted octanol–water partition coefficient (Wildman–Crippen LogP) is 0.446. The zero-order valence-corrected chi connectivity index (χ0v) is 11.3. The molecule has 0 bridgehead atoms. The number of rotatable bonds is 4. The van der Waals surface area contributed by atoms with Crippen molar-refractivity contribution < 1.29 is 24.2 Å². The Balaban J connectivity index is 2.49. The SMILES string of the molecule is CCOC(=O)CNC(=O)N1CCCC(C)(C(=O)O)C1. The van der Waals surface area contributed by atoms with Crippen molar-refractivity contribution in [2.75, 3.05) is 26.2 Å². The van der Waals surface area contributed by atoms with E-state index in [-0.39, 0.29) is 19.7 Å². The lowest BCUT2D eigenvalue weighted by molar-refractivity contribution is -0.150. The highest BCUT2D eigenvalue weighted by Crippen LogP contribution is 2.29. The van der Waals surface area contributed by atoms with Gasteiger partial charge in [-0.05, 0) is 26.7 Å². The molecule has 0 radical (unpaired) electrons. The van der Waals surface area contributed by atoms with Crippen molar-refractivity contribution in [1.82, 2.24) is 10.2 Å². The number of carbonyl (C=O) groups excluding carboxylic acids is 2. The summed E-state index contributed by atoms with van der Waals surface area (Å²) in [6.45, 7) is 4.01. The Morgan fingerprint density at radius 2 is 2.11 bits per heavy atom. The summed E-state index contributed by atoms with van der Waals surface area (Å²) in [4.78, 5) is 35.5. The van der Waals surface area contributed by atoms with Gasteiger partial charge in [0.2, 0.25) is 0 Å². The smallest absolute Gasteiger partial charge is 0.325 e. The van der Waals surface area contributed by atoms with Crippen molar-refractivity contribution in [3.8, 4) is 0 Å². The molecule has 0 saturated carbocycles. The molecule has 1 saturated heterocycles. The summed E-state index contributed by atoms with van der Waals surface area (Å²) in [7, 11) is 0. The number of nitrogens with one attached hydrogen (secondary N) is 1. The fourth-order valence-corrected chi connectivity index (χ4v) is 2.06. The van der Waals surface area contributed by atoms with Crippen molar-refractivity contribution in [3.63, 3.8) is 0 Å². The van der Waals surface area contributed by atoms with Crippen LogP contribution in [0.15, 0.2) is 0 Å². The summed E-state index contributed by atoms with van der Waals surface area (Å²) in [6, 6.07) is -0.430. The van der Waals surface area contributed by atoms with E-state index in [0.717, 1.165) is 0 Å². The molecular formula is C12H20N2O5. The second-order valence-corrected chi connectivity index (χ2v) is 4.85. The standard InChI is InChI=1S/C12H20N2O5/c1-3-19-9(15)7-13-11(18)14-6-4-5-12(2,8-14)10(16)17/h3-8H2,1-2H3,(H,13,18)(H,16,17). The number of esters is 1. The third kappa shape index (κ3) is 4.11. The molecule has 1 unspecified atom stereocenters. The van der Waals surface area contributed by atoms with Gasteiger partial charge in [-0.3, -0.25) is 9.59 Å². The number of nitrogens with zero attached hydrogens (tertiary/aromatic N) is 1. The maximum absolute atomic E-state index is 11.8. The monoisotopic (exact) mass is 272 g/mol. The molecule has 2 amide bonds. The van der Waals surface area contributed by atoms with Gasteiger partial charge in [0, 0.05) is 13.1 Å². The maximum Gasteiger partial charge on any atom is 0.325 e. The lowest BCUT2D eigenvalue weighted by Gasteiger charge is -2.37. The van der Waals surface area contributed by atoms with E-state index in [9.17, 15) is 14.4 Å². The number of piperidine rings is 1. The number of aliphatic carboxylic acids is 1. The van der Waals surface area contributed by atoms with E-state index in [4.69, 9.17) is 9.84 Å². The minimum absolute atomic E-state index is 0.150. The van der Waals surface area contributed by atoms with Gasteiger partial charge in [0.05, 0.1) is 12.0 Å². The van der Waals surface area contributed by atoms with Crippen LogP contribution in [-0.2, 0) is 14.3 Å². The van der Waals surface area contributed by atoms with Crippen LogP contribution in [0.25, 0.3) is 0 Å². The van der Waals surface area contributed by atoms with E-state index >= 15 is 0 Å². The summed E-state index contributed by atoms with van der Waals surface area (Å²) in [5, 5.41) is 11.6. The summed E-state index contributed by atoms with van der Waals surface area (Å²) in [5.74, 6) is -1.41. The van der Waals surface area contributed by atoms with Crippen LogP contribution >= 0.6 is 0 Å². The molecule has 1 rings (SSSR count). The molecule has 7 nitrogen and oxygen atoms in total. The van der Waals surface area contributed by atoms with Gasteiger partial charge < -0.3 is 20.1 Å². The molecule has 1 heterocycles. The molecule has 1 atom stereocenters. The fraction of sp³-hybridized carbons (Fsp3) is 0.750. The van der Waals surface area contributed by atoms with E-state index in [1.807, 2.05) is 0 Å². The van der Waals surface area contributed by atoms with Crippen LogP contribution < -0.4 is 5.32 Å². The van der Waals surface area contributed by atoms with Gasteiger partial charge in [0.15, 0.2) is 0 Å². The van der Waals surface area contributed by atoms with Crippen LogP contribution in [0.4, 0.5) is 4.79 Å². The van der Waals surface area contributed by atoms with Crippen LogP contribution in [0.3, 0.4) is 0 Å². The average Bonchev–Trinajstić information content (AvgIpc) is 2.36. The van der Waals surface area contributed by atoms with Crippen molar-refractivity contribution in [2.45, 2.75) is 26.7 Å². The number of urea groups is 1. The first-order chi connectivity index (χ1) is 8.89. The molecular weight excluding hydrogens is 252 g/mol. The molecule has 0 aliphatic carbocycles. The topological polar surface area (TPSA) is 95.9 Å². The minimum Gasteiger partial charge on any atom is -0.481 e. The normalized spacial score (nSPS) is 22.7. The Bertz CT molecular complexity index is 371.